The van der Waals surface area contributed by atoms with Gasteiger partial charge >= 0.3 is 5.97 Å². The number of hydrogen-bond acceptors (Lipinski definition) is 7. The van der Waals surface area contributed by atoms with Crippen LogP contribution in [0.4, 0.5) is 0 Å². The van der Waals surface area contributed by atoms with Crippen molar-refractivity contribution in [3.05, 3.63) is 65.0 Å². The third-order valence-corrected chi connectivity index (χ3v) is 6.96. The number of rotatable bonds is 5. The van der Waals surface area contributed by atoms with Gasteiger partial charge in [0.1, 0.15) is 11.6 Å². The molecular weight excluding hydrogens is 408 g/mol. The van der Waals surface area contributed by atoms with Gasteiger partial charge in [-0.3, -0.25) is 9.59 Å². The van der Waals surface area contributed by atoms with Crippen LogP contribution < -0.4 is 5.56 Å². The van der Waals surface area contributed by atoms with E-state index in [2.05, 4.69) is 10.3 Å². The van der Waals surface area contributed by atoms with E-state index < -0.39 is 34.3 Å². The van der Waals surface area contributed by atoms with Gasteiger partial charge in [-0.1, -0.05) is 35.5 Å². The average molecular weight is 428 g/mol. The van der Waals surface area contributed by atoms with Gasteiger partial charge < -0.3 is 4.74 Å². The molecule has 1 aromatic heterocycles. The highest BCUT2D eigenvalue weighted by Crippen LogP contribution is 2.26. The van der Waals surface area contributed by atoms with Crippen molar-refractivity contribution in [3.8, 4) is 0 Å². The van der Waals surface area contributed by atoms with Crippen LogP contribution in [0.5, 0.6) is 0 Å². The quantitative estimate of drug-likeness (QED) is 0.567. The summed E-state index contributed by atoms with van der Waals surface area (Å²) in [6.07, 6.45) is 1.71. The van der Waals surface area contributed by atoms with Crippen molar-refractivity contribution in [1.29, 1.82) is 0 Å². The molecule has 1 saturated heterocycles. The van der Waals surface area contributed by atoms with Crippen LogP contribution in [0.2, 0.25) is 0 Å². The molecule has 0 spiro atoms. The molecule has 0 N–H and O–H groups in total. The van der Waals surface area contributed by atoms with Crippen molar-refractivity contribution in [2.75, 3.05) is 6.54 Å². The number of esters is 1. The summed E-state index contributed by atoms with van der Waals surface area (Å²) in [5, 5.41) is 8.08. The van der Waals surface area contributed by atoms with Crippen molar-refractivity contribution in [3.63, 3.8) is 0 Å². The minimum atomic E-state index is -3.84. The van der Waals surface area contributed by atoms with E-state index >= 15 is 0 Å². The van der Waals surface area contributed by atoms with E-state index in [1.54, 1.807) is 42.5 Å². The Morgan fingerprint density at radius 1 is 1.07 bits per heavy atom. The normalized spacial score (nSPS) is 17.7. The highest BCUT2D eigenvalue weighted by molar-refractivity contribution is 7.89. The van der Waals surface area contributed by atoms with Gasteiger partial charge in [-0.2, -0.15) is 8.99 Å². The van der Waals surface area contributed by atoms with Gasteiger partial charge in [-0.05, 0) is 43.5 Å². The van der Waals surface area contributed by atoms with Gasteiger partial charge in [0.2, 0.25) is 10.0 Å². The molecule has 10 heteroatoms. The lowest BCUT2D eigenvalue weighted by atomic mass is 10.1. The zero-order valence-corrected chi connectivity index (χ0v) is 16.9. The third kappa shape index (κ3) is 3.83. The van der Waals surface area contributed by atoms with Crippen LogP contribution in [0.15, 0.2) is 64.3 Å². The van der Waals surface area contributed by atoms with Crippen LogP contribution in [-0.4, -0.2) is 46.3 Å². The molecule has 9 nitrogen and oxygen atoms in total. The highest BCUT2D eigenvalue weighted by atomic mass is 32.2. The van der Waals surface area contributed by atoms with Gasteiger partial charge in [0.05, 0.1) is 10.3 Å². The molecule has 156 valence electrons. The first-order chi connectivity index (χ1) is 14.5. The summed E-state index contributed by atoms with van der Waals surface area (Å²) in [7, 11) is -3.84. The van der Waals surface area contributed by atoms with Gasteiger partial charge in [-0.25, -0.2) is 8.42 Å². The number of ether oxygens (including phenoxy) is 1. The summed E-state index contributed by atoms with van der Waals surface area (Å²) < 4.78 is 33.4. The van der Waals surface area contributed by atoms with E-state index in [-0.39, 0.29) is 11.4 Å². The minimum Gasteiger partial charge on any atom is -0.441 e. The summed E-state index contributed by atoms with van der Waals surface area (Å²) in [6.45, 7) is -0.210. The Labute approximate surface area is 172 Å². The molecule has 1 atom stereocenters. The van der Waals surface area contributed by atoms with Crippen molar-refractivity contribution >= 4 is 26.9 Å². The van der Waals surface area contributed by atoms with Crippen LogP contribution in [0.1, 0.15) is 19.3 Å². The molecule has 0 bridgehead atoms. The van der Waals surface area contributed by atoms with E-state index in [0.717, 1.165) is 4.68 Å². The summed E-state index contributed by atoms with van der Waals surface area (Å²) >= 11 is 0. The SMILES string of the molecule is O=C(OCn1nnc2ccccc2c1=O)C1CCCCN1S(=O)(=O)c1ccccc1. The summed E-state index contributed by atoms with van der Waals surface area (Å²) in [6, 6.07) is 13.8. The fourth-order valence-corrected chi connectivity index (χ4v) is 5.15. The number of carbonyl (C=O) groups excluding carboxylic acids is 1. The molecule has 3 aromatic rings. The average Bonchev–Trinajstić information content (AvgIpc) is 2.79. The number of carbonyl (C=O) groups is 1. The maximum Gasteiger partial charge on any atom is 0.326 e. The molecule has 0 amide bonds. The van der Waals surface area contributed by atoms with Crippen molar-refractivity contribution in [1.82, 2.24) is 19.3 Å². The summed E-state index contributed by atoms with van der Waals surface area (Å²) in [5.41, 5.74) is 0.00305. The largest absolute Gasteiger partial charge is 0.441 e. The third-order valence-electron chi connectivity index (χ3n) is 5.03. The van der Waals surface area contributed by atoms with Crippen molar-refractivity contribution < 1.29 is 17.9 Å². The molecule has 1 fully saturated rings. The molecule has 0 aliphatic carbocycles. The van der Waals surface area contributed by atoms with Gasteiger partial charge in [0, 0.05) is 6.54 Å². The number of nitrogens with zero attached hydrogens (tertiary/aromatic N) is 4. The van der Waals surface area contributed by atoms with Crippen LogP contribution in [0, 0.1) is 0 Å². The van der Waals surface area contributed by atoms with Crippen LogP contribution in [-0.2, 0) is 26.3 Å². The van der Waals surface area contributed by atoms with E-state index in [0.29, 0.717) is 30.2 Å². The number of fused-ring (bicyclic) bond motifs is 1. The maximum absolute atomic E-state index is 13.0. The summed E-state index contributed by atoms with van der Waals surface area (Å²) in [5.74, 6) is -0.712. The molecule has 4 rings (SSSR count). The van der Waals surface area contributed by atoms with Gasteiger partial charge in [0.25, 0.3) is 5.56 Å². The topological polar surface area (TPSA) is 111 Å². The molecular formula is C20H20N4O5S. The van der Waals surface area contributed by atoms with E-state index in [1.165, 1.54) is 16.4 Å². The molecule has 1 aliphatic heterocycles. The molecule has 30 heavy (non-hydrogen) atoms. The smallest absolute Gasteiger partial charge is 0.326 e. The highest BCUT2D eigenvalue weighted by Gasteiger charge is 2.38. The molecule has 1 aliphatic rings. The Balaban J connectivity index is 1.53. The Hall–Kier alpha value is -3.11. The van der Waals surface area contributed by atoms with Crippen LogP contribution in [0.25, 0.3) is 10.9 Å². The second-order valence-electron chi connectivity index (χ2n) is 6.94. The maximum atomic E-state index is 13.0. The lowest BCUT2D eigenvalue weighted by Crippen LogP contribution is -2.48. The number of sulfonamides is 1. The fraction of sp³-hybridized carbons (Fsp3) is 0.300. The molecule has 1 unspecified atom stereocenters. The van der Waals surface area contributed by atoms with Gasteiger partial charge in [-0.15, -0.1) is 5.10 Å². The van der Waals surface area contributed by atoms with E-state index in [4.69, 9.17) is 4.74 Å². The predicted molar refractivity (Wildman–Crippen MR) is 108 cm³/mol. The summed E-state index contributed by atoms with van der Waals surface area (Å²) in [4.78, 5) is 25.4. The predicted octanol–water partition coefficient (Wildman–Crippen LogP) is 1.54. The monoisotopic (exact) mass is 428 g/mol. The molecule has 2 heterocycles. The fourth-order valence-electron chi connectivity index (χ4n) is 3.49. The van der Waals surface area contributed by atoms with Crippen LogP contribution in [0.3, 0.4) is 0 Å². The minimum absolute atomic E-state index is 0.126. The molecule has 0 radical (unpaired) electrons. The first-order valence-electron chi connectivity index (χ1n) is 9.54. The number of hydrogen-bond donors (Lipinski definition) is 0. The van der Waals surface area contributed by atoms with Crippen molar-refractivity contribution in [2.45, 2.75) is 36.9 Å². The zero-order chi connectivity index (χ0) is 21.1. The van der Waals surface area contributed by atoms with E-state index in [9.17, 15) is 18.0 Å². The Kier molecular flexibility index (Phi) is 5.60. The molecule has 2 aromatic carbocycles. The second-order valence-corrected chi connectivity index (χ2v) is 8.83. The first-order valence-corrected chi connectivity index (χ1v) is 11.0. The number of aromatic nitrogens is 3. The zero-order valence-electron chi connectivity index (χ0n) is 16.0. The lowest BCUT2D eigenvalue weighted by molar-refractivity contribution is -0.153. The number of piperidine rings is 1. The number of benzene rings is 2. The Bertz CT molecular complexity index is 1230. The van der Waals surface area contributed by atoms with Gasteiger partial charge in [0.15, 0.2) is 6.73 Å². The van der Waals surface area contributed by atoms with E-state index in [1.807, 2.05) is 0 Å². The Morgan fingerprint density at radius 3 is 2.60 bits per heavy atom. The van der Waals surface area contributed by atoms with Crippen LogP contribution >= 0.6 is 0 Å². The first kappa shape index (κ1) is 20.2. The standard InChI is InChI=1S/C20H20N4O5S/c25-19-16-10-4-5-11-17(16)21-22-23(19)14-29-20(26)18-12-6-7-13-24(18)30(27,28)15-8-2-1-3-9-15/h1-5,8-11,18H,6-7,12-14H2. The lowest BCUT2D eigenvalue weighted by Gasteiger charge is -2.32. The molecule has 0 saturated carbocycles. The van der Waals surface area contributed by atoms with Crippen molar-refractivity contribution in [2.24, 2.45) is 0 Å². The second kappa shape index (κ2) is 8.33. The Morgan fingerprint density at radius 2 is 1.80 bits per heavy atom.